The summed E-state index contributed by atoms with van der Waals surface area (Å²) >= 11 is 6.11. The fourth-order valence-electron chi connectivity index (χ4n) is 2.67. The van der Waals surface area contributed by atoms with Gasteiger partial charge in [0.25, 0.3) is 0 Å². The van der Waals surface area contributed by atoms with Crippen LogP contribution >= 0.6 is 11.6 Å². The molecule has 1 saturated heterocycles. The van der Waals surface area contributed by atoms with Crippen LogP contribution in [0, 0.1) is 0 Å². The molecular formula is C16H23ClN2O4S. The molecule has 0 radical (unpaired) electrons. The zero-order chi connectivity index (χ0) is 17.7. The van der Waals surface area contributed by atoms with Crippen LogP contribution in [0.1, 0.15) is 26.7 Å². The monoisotopic (exact) mass is 374 g/mol. The van der Waals surface area contributed by atoms with Crippen molar-refractivity contribution in [3.63, 3.8) is 0 Å². The molecule has 1 aliphatic rings. The van der Waals surface area contributed by atoms with Crippen molar-refractivity contribution >= 4 is 27.5 Å². The minimum absolute atomic E-state index is 0.0540. The Bertz CT molecular complexity index is 693. The van der Waals surface area contributed by atoms with Crippen LogP contribution in [0.15, 0.2) is 23.1 Å². The largest absolute Gasteiger partial charge is 0.492 e. The number of carbonyl (C=O) groups is 1. The van der Waals surface area contributed by atoms with Gasteiger partial charge >= 0.3 is 0 Å². The number of amides is 1. The molecule has 0 unspecified atom stereocenters. The molecular weight excluding hydrogens is 352 g/mol. The van der Waals surface area contributed by atoms with Gasteiger partial charge in [-0.15, -0.1) is 0 Å². The fraction of sp³-hybridized carbons (Fsp3) is 0.562. The summed E-state index contributed by atoms with van der Waals surface area (Å²) in [6, 6.07) is 4.50. The van der Waals surface area contributed by atoms with E-state index in [1.807, 2.05) is 13.8 Å². The Hall–Kier alpha value is -1.31. The molecule has 1 aromatic carbocycles. The minimum Gasteiger partial charge on any atom is -0.492 e. The third-order valence-corrected chi connectivity index (χ3v) is 6.14. The van der Waals surface area contributed by atoms with Crippen molar-refractivity contribution in [3.8, 4) is 5.75 Å². The molecule has 0 N–H and O–H groups in total. The number of rotatable bonds is 5. The van der Waals surface area contributed by atoms with E-state index in [4.69, 9.17) is 16.3 Å². The molecule has 8 heteroatoms. The lowest BCUT2D eigenvalue weighted by Crippen LogP contribution is -2.37. The Morgan fingerprint density at radius 2 is 1.96 bits per heavy atom. The van der Waals surface area contributed by atoms with Gasteiger partial charge in [-0.1, -0.05) is 18.5 Å². The lowest BCUT2D eigenvalue weighted by Gasteiger charge is -2.22. The van der Waals surface area contributed by atoms with Gasteiger partial charge in [0.1, 0.15) is 5.75 Å². The summed E-state index contributed by atoms with van der Waals surface area (Å²) in [5, 5.41) is 0.274. The van der Waals surface area contributed by atoms with Gasteiger partial charge < -0.3 is 9.64 Å². The highest BCUT2D eigenvalue weighted by Gasteiger charge is 2.28. The molecule has 2 rings (SSSR count). The highest BCUT2D eigenvalue weighted by molar-refractivity contribution is 7.89. The van der Waals surface area contributed by atoms with E-state index in [2.05, 4.69) is 0 Å². The quantitative estimate of drug-likeness (QED) is 0.793. The predicted octanol–water partition coefficient (Wildman–Crippen LogP) is 2.37. The normalized spacial score (nSPS) is 16.7. The maximum absolute atomic E-state index is 12.8. The molecule has 0 spiro atoms. The van der Waals surface area contributed by atoms with Crippen molar-refractivity contribution in [2.45, 2.75) is 31.6 Å². The van der Waals surface area contributed by atoms with Gasteiger partial charge in [0.15, 0.2) is 0 Å². The molecule has 0 bridgehead atoms. The lowest BCUT2D eigenvalue weighted by molar-refractivity contribution is -0.130. The third-order valence-electron chi connectivity index (χ3n) is 3.95. The summed E-state index contributed by atoms with van der Waals surface area (Å²) in [4.78, 5) is 13.7. The van der Waals surface area contributed by atoms with E-state index in [0.29, 0.717) is 51.4 Å². The third kappa shape index (κ3) is 4.20. The van der Waals surface area contributed by atoms with E-state index >= 15 is 0 Å². The first-order chi connectivity index (χ1) is 11.4. The molecule has 1 aromatic rings. The first-order valence-electron chi connectivity index (χ1n) is 8.10. The van der Waals surface area contributed by atoms with Gasteiger partial charge in [-0.2, -0.15) is 4.31 Å². The Morgan fingerprint density at radius 3 is 2.58 bits per heavy atom. The Balaban J connectivity index is 2.18. The number of sulfonamides is 1. The van der Waals surface area contributed by atoms with Crippen LogP contribution in [-0.2, 0) is 14.8 Å². The van der Waals surface area contributed by atoms with Crippen molar-refractivity contribution in [3.05, 3.63) is 23.2 Å². The molecule has 0 saturated carbocycles. The minimum atomic E-state index is -3.64. The maximum atomic E-state index is 12.8. The van der Waals surface area contributed by atoms with Crippen LogP contribution in [0.4, 0.5) is 0 Å². The smallest absolute Gasteiger partial charge is 0.243 e. The molecule has 0 atom stereocenters. The van der Waals surface area contributed by atoms with Crippen molar-refractivity contribution < 1.29 is 17.9 Å². The number of hydrogen-bond acceptors (Lipinski definition) is 4. The summed E-state index contributed by atoms with van der Waals surface area (Å²) in [7, 11) is -3.64. The van der Waals surface area contributed by atoms with Gasteiger partial charge in [-0.25, -0.2) is 8.42 Å². The first-order valence-corrected chi connectivity index (χ1v) is 9.92. The van der Waals surface area contributed by atoms with Gasteiger partial charge in [0.05, 0.1) is 16.5 Å². The summed E-state index contributed by atoms with van der Waals surface area (Å²) in [6.07, 6.45) is 1.05. The lowest BCUT2D eigenvalue weighted by atomic mass is 10.3. The number of carbonyl (C=O) groups excluding carboxylic acids is 1. The van der Waals surface area contributed by atoms with Crippen LogP contribution in [0.25, 0.3) is 0 Å². The highest BCUT2D eigenvalue weighted by Crippen LogP contribution is 2.29. The van der Waals surface area contributed by atoms with Gasteiger partial charge in [0.2, 0.25) is 15.9 Å². The van der Waals surface area contributed by atoms with Gasteiger partial charge in [0, 0.05) is 32.6 Å². The average Bonchev–Trinajstić information content (AvgIpc) is 2.82. The van der Waals surface area contributed by atoms with E-state index < -0.39 is 10.0 Å². The fourth-order valence-corrected chi connectivity index (χ4v) is 4.47. The molecule has 1 amide bonds. The zero-order valence-electron chi connectivity index (χ0n) is 14.0. The Labute approximate surface area is 148 Å². The second kappa shape index (κ2) is 8.18. The summed E-state index contributed by atoms with van der Waals surface area (Å²) in [5.41, 5.74) is 0. The molecule has 134 valence electrons. The van der Waals surface area contributed by atoms with Crippen molar-refractivity contribution in [1.29, 1.82) is 0 Å². The van der Waals surface area contributed by atoms with Gasteiger partial charge in [-0.3, -0.25) is 4.79 Å². The second-order valence-corrected chi connectivity index (χ2v) is 7.86. The predicted molar refractivity (Wildman–Crippen MR) is 92.9 cm³/mol. The van der Waals surface area contributed by atoms with E-state index in [0.717, 1.165) is 0 Å². The summed E-state index contributed by atoms with van der Waals surface area (Å²) < 4.78 is 32.4. The van der Waals surface area contributed by atoms with Gasteiger partial charge in [-0.05, 0) is 31.5 Å². The number of nitrogens with zero attached hydrogens (tertiary/aromatic N) is 2. The van der Waals surface area contributed by atoms with Crippen LogP contribution < -0.4 is 4.74 Å². The number of halogens is 1. The molecule has 0 aliphatic carbocycles. The Morgan fingerprint density at radius 1 is 1.21 bits per heavy atom. The van der Waals surface area contributed by atoms with Crippen LogP contribution in [-0.4, -0.2) is 56.3 Å². The first kappa shape index (κ1) is 19.0. The summed E-state index contributed by atoms with van der Waals surface area (Å²) in [5.74, 6) is 0.520. The number of benzene rings is 1. The van der Waals surface area contributed by atoms with Crippen molar-refractivity contribution in [2.75, 3.05) is 32.8 Å². The molecule has 1 heterocycles. The van der Waals surface area contributed by atoms with Crippen molar-refractivity contribution in [1.82, 2.24) is 9.21 Å². The van der Waals surface area contributed by atoms with E-state index in [1.54, 1.807) is 11.0 Å². The average molecular weight is 375 g/mol. The van der Waals surface area contributed by atoms with E-state index in [1.165, 1.54) is 16.4 Å². The number of hydrogen-bond donors (Lipinski definition) is 0. The molecule has 1 aliphatic heterocycles. The molecule has 24 heavy (non-hydrogen) atoms. The molecule has 6 nitrogen and oxygen atoms in total. The standard InChI is InChI=1S/C16H23ClN2O4S/c1-3-16(20)18-8-5-9-19(11-10-18)24(21,22)13-6-7-15(23-4-2)14(17)12-13/h6-7,12H,3-5,8-11H2,1-2H3. The second-order valence-electron chi connectivity index (χ2n) is 5.52. The number of ether oxygens (including phenoxy) is 1. The zero-order valence-corrected chi connectivity index (χ0v) is 15.6. The SMILES string of the molecule is CCOc1ccc(S(=O)(=O)N2CCCN(C(=O)CC)CC2)cc1Cl. The van der Waals surface area contributed by atoms with Crippen LogP contribution in [0.2, 0.25) is 5.02 Å². The topological polar surface area (TPSA) is 66.9 Å². The van der Waals surface area contributed by atoms with E-state index in [-0.39, 0.29) is 15.8 Å². The Kier molecular flexibility index (Phi) is 6.48. The van der Waals surface area contributed by atoms with Crippen molar-refractivity contribution in [2.24, 2.45) is 0 Å². The maximum Gasteiger partial charge on any atom is 0.243 e. The van der Waals surface area contributed by atoms with E-state index in [9.17, 15) is 13.2 Å². The molecule has 1 fully saturated rings. The van der Waals surface area contributed by atoms with Crippen LogP contribution in [0.3, 0.4) is 0 Å². The van der Waals surface area contributed by atoms with Crippen LogP contribution in [0.5, 0.6) is 5.75 Å². The molecule has 0 aromatic heterocycles. The summed E-state index contributed by atoms with van der Waals surface area (Å²) in [6.45, 7) is 5.78. The highest BCUT2D eigenvalue weighted by atomic mass is 35.5.